The Hall–Kier alpha value is -1.05. The standard InChI is InChI=1S/C16H26N2/c1-5-14(10-12-6-7-12)18-15-9-8-13(11-17-15)16(2,3)4/h8-9,11-12,14H,5-7,10H2,1-4H3,(H,17,18). The smallest absolute Gasteiger partial charge is 0.126 e. The molecule has 0 saturated heterocycles. The second-order valence-corrected chi connectivity index (χ2v) is 6.61. The van der Waals surface area contributed by atoms with Gasteiger partial charge in [0.25, 0.3) is 0 Å². The third-order valence-corrected chi connectivity index (χ3v) is 3.79. The SMILES string of the molecule is CCC(CC1CC1)Nc1ccc(C(C)(C)C)cn1. The molecule has 1 fully saturated rings. The van der Waals surface area contributed by atoms with E-state index >= 15 is 0 Å². The predicted molar refractivity (Wildman–Crippen MR) is 78.0 cm³/mol. The highest BCUT2D eigenvalue weighted by atomic mass is 15.0. The molecule has 0 spiro atoms. The van der Waals surface area contributed by atoms with Gasteiger partial charge in [0.15, 0.2) is 0 Å². The summed E-state index contributed by atoms with van der Waals surface area (Å²) < 4.78 is 0. The van der Waals surface area contributed by atoms with Gasteiger partial charge in [-0.15, -0.1) is 0 Å². The quantitative estimate of drug-likeness (QED) is 0.834. The zero-order chi connectivity index (χ0) is 13.2. The molecule has 2 rings (SSSR count). The van der Waals surface area contributed by atoms with Gasteiger partial charge in [-0.2, -0.15) is 0 Å². The molecule has 1 aliphatic carbocycles. The summed E-state index contributed by atoms with van der Waals surface area (Å²) in [5.74, 6) is 1.99. The zero-order valence-electron chi connectivity index (χ0n) is 12.2. The maximum Gasteiger partial charge on any atom is 0.126 e. The molecule has 0 aromatic carbocycles. The van der Waals surface area contributed by atoms with E-state index in [4.69, 9.17) is 0 Å². The van der Waals surface area contributed by atoms with E-state index < -0.39 is 0 Å². The minimum absolute atomic E-state index is 0.184. The van der Waals surface area contributed by atoms with E-state index in [0.29, 0.717) is 6.04 Å². The molecular weight excluding hydrogens is 220 g/mol. The van der Waals surface area contributed by atoms with Gasteiger partial charge in [0, 0.05) is 12.2 Å². The number of pyridine rings is 1. The average Bonchev–Trinajstić information content (AvgIpc) is 3.11. The summed E-state index contributed by atoms with van der Waals surface area (Å²) >= 11 is 0. The molecule has 1 N–H and O–H groups in total. The fourth-order valence-corrected chi connectivity index (χ4v) is 2.22. The number of hydrogen-bond donors (Lipinski definition) is 1. The fraction of sp³-hybridized carbons (Fsp3) is 0.688. The molecule has 1 unspecified atom stereocenters. The molecule has 0 bridgehead atoms. The lowest BCUT2D eigenvalue weighted by molar-refractivity contribution is 0.580. The van der Waals surface area contributed by atoms with Crippen molar-refractivity contribution in [1.82, 2.24) is 4.98 Å². The Morgan fingerprint density at radius 1 is 1.33 bits per heavy atom. The minimum atomic E-state index is 0.184. The largest absolute Gasteiger partial charge is 0.367 e. The molecule has 2 heteroatoms. The van der Waals surface area contributed by atoms with Crippen molar-refractivity contribution in [1.29, 1.82) is 0 Å². The number of rotatable bonds is 5. The number of hydrogen-bond acceptors (Lipinski definition) is 2. The molecule has 1 saturated carbocycles. The maximum atomic E-state index is 4.55. The third-order valence-electron chi connectivity index (χ3n) is 3.79. The van der Waals surface area contributed by atoms with Crippen LogP contribution in [0.1, 0.15) is 58.9 Å². The van der Waals surface area contributed by atoms with Crippen molar-refractivity contribution in [3.8, 4) is 0 Å². The Kier molecular flexibility index (Phi) is 3.94. The van der Waals surface area contributed by atoms with Gasteiger partial charge in [0.2, 0.25) is 0 Å². The first kappa shape index (κ1) is 13.4. The van der Waals surface area contributed by atoms with Gasteiger partial charge in [0.05, 0.1) is 0 Å². The van der Waals surface area contributed by atoms with Crippen molar-refractivity contribution < 1.29 is 0 Å². The van der Waals surface area contributed by atoms with E-state index in [1.54, 1.807) is 0 Å². The molecular formula is C16H26N2. The number of aromatic nitrogens is 1. The second kappa shape index (κ2) is 5.29. The molecule has 1 heterocycles. The Labute approximate surface area is 111 Å². The van der Waals surface area contributed by atoms with Crippen LogP contribution >= 0.6 is 0 Å². The number of nitrogens with one attached hydrogen (secondary N) is 1. The van der Waals surface area contributed by atoms with Crippen LogP contribution in [-0.2, 0) is 5.41 Å². The van der Waals surface area contributed by atoms with Crippen molar-refractivity contribution in [2.24, 2.45) is 5.92 Å². The molecule has 1 aromatic heterocycles. The number of anilines is 1. The highest BCUT2D eigenvalue weighted by molar-refractivity contribution is 5.38. The van der Waals surface area contributed by atoms with E-state index in [1.165, 1.54) is 31.2 Å². The van der Waals surface area contributed by atoms with Crippen LogP contribution in [0.3, 0.4) is 0 Å². The topological polar surface area (TPSA) is 24.9 Å². The number of nitrogens with zero attached hydrogens (tertiary/aromatic N) is 1. The monoisotopic (exact) mass is 246 g/mol. The maximum absolute atomic E-state index is 4.55. The molecule has 1 aliphatic rings. The summed E-state index contributed by atoms with van der Waals surface area (Å²) in [7, 11) is 0. The van der Waals surface area contributed by atoms with Crippen LogP contribution < -0.4 is 5.32 Å². The average molecular weight is 246 g/mol. The minimum Gasteiger partial charge on any atom is -0.367 e. The van der Waals surface area contributed by atoms with E-state index in [1.807, 2.05) is 6.20 Å². The molecule has 1 atom stereocenters. The van der Waals surface area contributed by atoms with Crippen LogP contribution in [0.5, 0.6) is 0 Å². The Bertz CT molecular complexity index is 371. The predicted octanol–water partition coefficient (Wildman–Crippen LogP) is 4.37. The lowest BCUT2D eigenvalue weighted by Gasteiger charge is -2.20. The summed E-state index contributed by atoms with van der Waals surface area (Å²) in [5, 5.41) is 3.57. The molecule has 100 valence electrons. The molecule has 0 radical (unpaired) electrons. The van der Waals surface area contributed by atoms with Crippen molar-refractivity contribution in [3.63, 3.8) is 0 Å². The van der Waals surface area contributed by atoms with Gasteiger partial charge in [-0.3, -0.25) is 0 Å². The van der Waals surface area contributed by atoms with Crippen LogP contribution in [0.25, 0.3) is 0 Å². The first-order valence-corrected chi connectivity index (χ1v) is 7.22. The first-order chi connectivity index (χ1) is 8.49. The van der Waals surface area contributed by atoms with Crippen LogP contribution in [0.2, 0.25) is 0 Å². The van der Waals surface area contributed by atoms with Crippen LogP contribution in [0.4, 0.5) is 5.82 Å². The summed E-state index contributed by atoms with van der Waals surface area (Å²) in [6.45, 7) is 8.92. The van der Waals surface area contributed by atoms with E-state index in [-0.39, 0.29) is 5.41 Å². The molecule has 0 amide bonds. The van der Waals surface area contributed by atoms with Gasteiger partial charge in [-0.05, 0) is 35.8 Å². The van der Waals surface area contributed by atoms with Crippen molar-refractivity contribution in [2.45, 2.75) is 64.8 Å². The van der Waals surface area contributed by atoms with Crippen LogP contribution in [-0.4, -0.2) is 11.0 Å². The molecule has 1 aromatic rings. The highest BCUT2D eigenvalue weighted by Crippen LogP contribution is 2.34. The van der Waals surface area contributed by atoms with Gasteiger partial charge >= 0.3 is 0 Å². The van der Waals surface area contributed by atoms with Crippen LogP contribution in [0, 0.1) is 5.92 Å². The van der Waals surface area contributed by atoms with E-state index in [0.717, 1.165) is 11.7 Å². The Morgan fingerprint density at radius 3 is 2.50 bits per heavy atom. The lowest BCUT2D eigenvalue weighted by atomic mass is 9.88. The summed E-state index contributed by atoms with van der Waals surface area (Å²) in [6.07, 6.45) is 7.34. The molecule has 2 nitrogen and oxygen atoms in total. The Morgan fingerprint density at radius 2 is 2.06 bits per heavy atom. The van der Waals surface area contributed by atoms with Gasteiger partial charge in [0.1, 0.15) is 5.82 Å². The van der Waals surface area contributed by atoms with Crippen molar-refractivity contribution in [3.05, 3.63) is 23.9 Å². The van der Waals surface area contributed by atoms with E-state index in [2.05, 4.69) is 50.1 Å². The van der Waals surface area contributed by atoms with Crippen molar-refractivity contribution in [2.75, 3.05) is 5.32 Å². The normalized spacial score (nSPS) is 17.6. The highest BCUT2D eigenvalue weighted by Gasteiger charge is 2.24. The zero-order valence-corrected chi connectivity index (χ0v) is 12.2. The first-order valence-electron chi connectivity index (χ1n) is 7.22. The second-order valence-electron chi connectivity index (χ2n) is 6.61. The summed E-state index contributed by atoms with van der Waals surface area (Å²) in [5.41, 5.74) is 1.48. The Balaban J connectivity index is 1.95. The van der Waals surface area contributed by atoms with Gasteiger partial charge in [-0.25, -0.2) is 4.98 Å². The molecule has 18 heavy (non-hydrogen) atoms. The third kappa shape index (κ3) is 3.72. The lowest BCUT2D eigenvalue weighted by Crippen LogP contribution is -2.20. The van der Waals surface area contributed by atoms with Gasteiger partial charge in [-0.1, -0.05) is 46.6 Å². The fourth-order valence-electron chi connectivity index (χ4n) is 2.22. The van der Waals surface area contributed by atoms with Crippen LogP contribution in [0.15, 0.2) is 18.3 Å². The summed E-state index contributed by atoms with van der Waals surface area (Å²) in [6, 6.07) is 4.90. The summed E-state index contributed by atoms with van der Waals surface area (Å²) in [4.78, 5) is 4.55. The van der Waals surface area contributed by atoms with Gasteiger partial charge < -0.3 is 5.32 Å². The van der Waals surface area contributed by atoms with Crippen molar-refractivity contribution >= 4 is 5.82 Å². The van der Waals surface area contributed by atoms with E-state index in [9.17, 15) is 0 Å². The molecule has 0 aliphatic heterocycles.